The normalized spacial score (nSPS) is 17.6. The minimum absolute atomic E-state index is 0.00618. The molecule has 1 amide bonds. The van der Waals surface area contributed by atoms with Gasteiger partial charge in [0.15, 0.2) is 0 Å². The van der Waals surface area contributed by atoms with Crippen molar-refractivity contribution in [2.24, 2.45) is 0 Å². The Balaban J connectivity index is 1.65. The summed E-state index contributed by atoms with van der Waals surface area (Å²) in [4.78, 5) is 19.2. The summed E-state index contributed by atoms with van der Waals surface area (Å²) < 4.78 is 14.9. The first-order valence-corrected chi connectivity index (χ1v) is 8.82. The monoisotopic (exact) mass is 353 g/mol. The molecule has 1 fully saturated rings. The van der Waals surface area contributed by atoms with E-state index in [0.29, 0.717) is 12.1 Å². The number of hydrogen-bond acceptors (Lipinski definition) is 3. The number of aliphatic hydroxyl groups is 1. The van der Waals surface area contributed by atoms with E-state index in [9.17, 15) is 14.3 Å². The van der Waals surface area contributed by atoms with Crippen LogP contribution >= 0.6 is 0 Å². The Morgan fingerprint density at radius 2 is 1.96 bits per heavy atom. The third kappa shape index (κ3) is 3.08. The Morgan fingerprint density at radius 3 is 2.73 bits per heavy atom. The fourth-order valence-electron chi connectivity index (χ4n) is 3.50. The minimum Gasteiger partial charge on any atom is -0.394 e. The summed E-state index contributed by atoms with van der Waals surface area (Å²) in [5.74, 6) is -0.354. The Hall–Kier alpha value is -2.73. The Labute approximate surface area is 150 Å². The van der Waals surface area contributed by atoms with Gasteiger partial charge in [-0.2, -0.15) is 0 Å². The van der Waals surface area contributed by atoms with E-state index in [1.54, 1.807) is 35.4 Å². The number of halogens is 1. The minimum atomic E-state index is -0.287. The second-order valence-corrected chi connectivity index (χ2v) is 6.65. The molecule has 2 aromatic heterocycles. The van der Waals surface area contributed by atoms with E-state index < -0.39 is 0 Å². The quantitative estimate of drug-likeness (QED) is 0.787. The van der Waals surface area contributed by atoms with E-state index in [-0.39, 0.29) is 24.4 Å². The fraction of sp³-hybridized carbons (Fsp3) is 0.300. The first-order valence-electron chi connectivity index (χ1n) is 8.82. The number of benzene rings is 1. The SMILES string of the molecule is O=C(c1ccc2nc(-c3ccc(F)cc3)cn2c1)N1CCCC[C@H]1CO. The molecule has 26 heavy (non-hydrogen) atoms. The second-order valence-electron chi connectivity index (χ2n) is 6.65. The van der Waals surface area contributed by atoms with Gasteiger partial charge < -0.3 is 14.4 Å². The lowest BCUT2D eigenvalue weighted by Crippen LogP contribution is -2.45. The summed E-state index contributed by atoms with van der Waals surface area (Å²) in [7, 11) is 0. The van der Waals surface area contributed by atoms with Gasteiger partial charge in [-0.1, -0.05) is 0 Å². The number of aromatic nitrogens is 2. The van der Waals surface area contributed by atoms with Crippen LogP contribution in [-0.4, -0.2) is 44.5 Å². The predicted molar refractivity (Wildman–Crippen MR) is 96.3 cm³/mol. The maximum absolute atomic E-state index is 13.1. The molecule has 6 heteroatoms. The number of piperidine rings is 1. The van der Waals surface area contributed by atoms with Crippen LogP contribution in [0.2, 0.25) is 0 Å². The molecule has 0 spiro atoms. The molecule has 1 aliphatic rings. The highest BCUT2D eigenvalue weighted by Gasteiger charge is 2.27. The molecule has 3 heterocycles. The van der Waals surface area contributed by atoms with Gasteiger partial charge in [0.25, 0.3) is 5.91 Å². The van der Waals surface area contributed by atoms with Crippen LogP contribution < -0.4 is 0 Å². The molecule has 1 atom stereocenters. The zero-order valence-corrected chi connectivity index (χ0v) is 14.3. The summed E-state index contributed by atoms with van der Waals surface area (Å²) in [6.45, 7) is 0.667. The van der Waals surface area contributed by atoms with Crippen molar-refractivity contribution in [1.29, 1.82) is 0 Å². The van der Waals surface area contributed by atoms with Crippen molar-refractivity contribution < 1.29 is 14.3 Å². The number of nitrogens with zero attached hydrogens (tertiary/aromatic N) is 3. The number of carbonyl (C=O) groups is 1. The molecule has 0 radical (unpaired) electrons. The average molecular weight is 353 g/mol. The molecule has 0 saturated carbocycles. The molecule has 1 N–H and O–H groups in total. The van der Waals surface area contributed by atoms with Crippen LogP contribution in [0.25, 0.3) is 16.9 Å². The highest BCUT2D eigenvalue weighted by Crippen LogP contribution is 2.22. The van der Waals surface area contributed by atoms with Gasteiger partial charge in [0.05, 0.1) is 23.9 Å². The van der Waals surface area contributed by atoms with Gasteiger partial charge in [0.1, 0.15) is 11.5 Å². The first-order chi connectivity index (χ1) is 12.7. The van der Waals surface area contributed by atoms with Crippen LogP contribution in [0.3, 0.4) is 0 Å². The number of fused-ring (bicyclic) bond motifs is 1. The van der Waals surface area contributed by atoms with Crippen LogP contribution in [0.4, 0.5) is 4.39 Å². The van der Waals surface area contributed by atoms with Crippen LogP contribution in [0.1, 0.15) is 29.6 Å². The average Bonchev–Trinajstić information content (AvgIpc) is 3.11. The summed E-state index contributed by atoms with van der Waals surface area (Å²) in [5.41, 5.74) is 2.83. The van der Waals surface area contributed by atoms with E-state index >= 15 is 0 Å². The third-order valence-corrected chi connectivity index (χ3v) is 4.94. The van der Waals surface area contributed by atoms with Crippen molar-refractivity contribution in [2.45, 2.75) is 25.3 Å². The second kappa shape index (κ2) is 6.88. The van der Waals surface area contributed by atoms with Crippen LogP contribution in [-0.2, 0) is 0 Å². The number of pyridine rings is 1. The van der Waals surface area contributed by atoms with Crippen LogP contribution in [0.15, 0.2) is 48.8 Å². The molecule has 4 rings (SSSR count). The molecular formula is C20H20FN3O2. The Bertz CT molecular complexity index is 936. The smallest absolute Gasteiger partial charge is 0.255 e. The number of aliphatic hydroxyl groups excluding tert-OH is 1. The van der Waals surface area contributed by atoms with Crippen molar-refractivity contribution in [1.82, 2.24) is 14.3 Å². The van der Waals surface area contributed by atoms with Crippen molar-refractivity contribution in [3.05, 3.63) is 60.2 Å². The molecule has 1 aromatic carbocycles. The zero-order valence-electron chi connectivity index (χ0n) is 14.3. The van der Waals surface area contributed by atoms with E-state index in [1.165, 1.54) is 12.1 Å². The van der Waals surface area contributed by atoms with Gasteiger partial charge in [-0.3, -0.25) is 4.79 Å². The number of carbonyl (C=O) groups excluding carboxylic acids is 1. The van der Waals surface area contributed by atoms with E-state index in [0.717, 1.165) is 36.2 Å². The summed E-state index contributed by atoms with van der Waals surface area (Å²) >= 11 is 0. The highest BCUT2D eigenvalue weighted by molar-refractivity contribution is 5.94. The van der Waals surface area contributed by atoms with Gasteiger partial charge in [-0.05, 0) is 55.7 Å². The van der Waals surface area contributed by atoms with Crippen molar-refractivity contribution >= 4 is 11.6 Å². The lowest BCUT2D eigenvalue weighted by Gasteiger charge is -2.34. The van der Waals surface area contributed by atoms with Crippen LogP contribution in [0.5, 0.6) is 0 Å². The maximum Gasteiger partial charge on any atom is 0.255 e. The summed E-state index contributed by atoms with van der Waals surface area (Å²) in [6, 6.07) is 9.63. The lowest BCUT2D eigenvalue weighted by atomic mass is 10.0. The van der Waals surface area contributed by atoms with Gasteiger partial charge in [0, 0.05) is 24.5 Å². The highest BCUT2D eigenvalue weighted by atomic mass is 19.1. The molecule has 0 aliphatic carbocycles. The Kier molecular flexibility index (Phi) is 4.42. The largest absolute Gasteiger partial charge is 0.394 e. The number of imidazole rings is 1. The Morgan fingerprint density at radius 1 is 1.15 bits per heavy atom. The van der Waals surface area contributed by atoms with Crippen molar-refractivity contribution in [3.63, 3.8) is 0 Å². The van der Waals surface area contributed by atoms with E-state index in [2.05, 4.69) is 4.98 Å². The molecule has 5 nitrogen and oxygen atoms in total. The molecule has 0 bridgehead atoms. The first kappa shape index (κ1) is 16.7. The maximum atomic E-state index is 13.1. The van der Waals surface area contributed by atoms with Crippen molar-refractivity contribution in [2.75, 3.05) is 13.2 Å². The predicted octanol–water partition coefficient (Wildman–Crippen LogP) is 3.13. The van der Waals surface area contributed by atoms with E-state index in [1.807, 2.05) is 10.6 Å². The van der Waals surface area contributed by atoms with Crippen molar-refractivity contribution in [3.8, 4) is 11.3 Å². The van der Waals surface area contributed by atoms with Gasteiger partial charge in [-0.15, -0.1) is 0 Å². The van der Waals surface area contributed by atoms with Gasteiger partial charge >= 0.3 is 0 Å². The number of amides is 1. The lowest BCUT2D eigenvalue weighted by molar-refractivity contribution is 0.0502. The van der Waals surface area contributed by atoms with Gasteiger partial charge in [0.2, 0.25) is 0 Å². The molecule has 3 aromatic rings. The molecule has 1 saturated heterocycles. The third-order valence-electron chi connectivity index (χ3n) is 4.94. The van der Waals surface area contributed by atoms with E-state index in [4.69, 9.17) is 0 Å². The number of rotatable bonds is 3. The molecular weight excluding hydrogens is 333 g/mol. The zero-order chi connectivity index (χ0) is 18.1. The summed E-state index contributed by atoms with van der Waals surface area (Å²) in [5, 5.41) is 9.54. The van der Waals surface area contributed by atoms with Gasteiger partial charge in [-0.25, -0.2) is 9.37 Å². The summed E-state index contributed by atoms with van der Waals surface area (Å²) in [6.07, 6.45) is 6.44. The molecule has 0 unspecified atom stereocenters. The topological polar surface area (TPSA) is 57.8 Å². The molecule has 134 valence electrons. The number of likely N-dealkylation sites (tertiary alicyclic amines) is 1. The number of hydrogen-bond donors (Lipinski definition) is 1. The van der Waals surface area contributed by atoms with Crippen LogP contribution in [0, 0.1) is 5.82 Å². The standard InChI is InChI=1S/C20H20FN3O2/c21-16-7-4-14(5-8-16)18-12-23-11-15(6-9-19(23)22-18)20(26)24-10-2-1-3-17(24)13-25/h4-9,11-12,17,25H,1-3,10,13H2/t17-/m0/s1. The molecule has 1 aliphatic heterocycles. The fourth-order valence-corrected chi connectivity index (χ4v) is 3.50.